The maximum Gasteiger partial charge on any atom is 0.0141 e. The van der Waals surface area contributed by atoms with E-state index in [0.717, 1.165) is 6.54 Å². The van der Waals surface area contributed by atoms with Crippen molar-refractivity contribution in [2.45, 2.75) is 25.7 Å². The molecule has 0 aromatic heterocycles. The molecule has 56 valence electrons. The van der Waals surface area contributed by atoms with Gasteiger partial charge >= 0.3 is 0 Å². The van der Waals surface area contributed by atoms with Crippen LogP contribution in [0.5, 0.6) is 0 Å². The van der Waals surface area contributed by atoms with Gasteiger partial charge in [-0.05, 0) is 31.5 Å². The summed E-state index contributed by atoms with van der Waals surface area (Å²) < 4.78 is 0. The molecule has 0 spiro atoms. The van der Waals surface area contributed by atoms with E-state index >= 15 is 0 Å². The van der Waals surface area contributed by atoms with Gasteiger partial charge in [0, 0.05) is 6.54 Å². The number of hydrogen-bond donors (Lipinski definition) is 1. The lowest BCUT2D eigenvalue weighted by molar-refractivity contribution is 0.659. The Hall–Kier alpha value is -0.720. The van der Waals surface area contributed by atoms with Crippen molar-refractivity contribution in [2.75, 3.05) is 6.54 Å². The van der Waals surface area contributed by atoms with Crippen LogP contribution in [0.3, 0.4) is 0 Å². The van der Waals surface area contributed by atoms with E-state index in [0.29, 0.717) is 0 Å². The first-order valence-electron chi connectivity index (χ1n) is 4.05. The van der Waals surface area contributed by atoms with E-state index in [1.165, 1.54) is 25.7 Å². The molecular weight excluding hydrogens is 122 g/mol. The summed E-state index contributed by atoms with van der Waals surface area (Å²) in [5.41, 5.74) is 0. The lowest BCUT2D eigenvalue weighted by atomic mass is 10.2. The van der Waals surface area contributed by atoms with E-state index < -0.39 is 0 Å². The zero-order valence-electron chi connectivity index (χ0n) is 6.34. The minimum atomic E-state index is 1.13. The van der Waals surface area contributed by atoms with Gasteiger partial charge in [-0.15, -0.1) is 0 Å². The van der Waals surface area contributed by atoms with Crippen LogP contribution < -0.4 is 5.32 Å². The van der Waals surface area contributed by atoms with Crippen molar-refractivity contribution in [1.82, 2.24) is 5.32 Å². The van der Waals surface area contributed by atoms with Gasteiger partial charge in [0.2, 0.25) is 0 Å². The fraction of sp³-hybridized carbons (Fsp3) is 0.556. The van der Waals surface area contributed by atoms with Crippen LogP contribution in [-0.2, 0) is 0 Å². The first-order valence-corrected chi connectivity index (χ1v) is 4.05. The van der Waals surface area contributed by atoms with Gasteiger partial charge in [-0.1, -0.05) is 18.6 Å². The van der Waals surface area contributed by atoms with E-state index in [-0.39, 0.29) is 0 Å². The molecule has 0 atom stereocenters. The summed E-state index contributed by atoms with van der Waals surface area (Å²) in [5, 5.41) is 3.22. The molecule has 0 aromatic carbocycles. The van der Waals surface area contributed by atoms with Crippen molar-refractivity contribution in [3.63, 3.8) is 0 Å². The number of hydrogen-bond acceptors (Lipinski definition) is 1. The minimum absolute atomic E-state index is 1.13. The first-order chi connectivity index (χ1) is 5.00. The molecule has 0 saturated heterocycles. The number of nitrogens with one attached hydrogen (secondary N) is 1. The molecule has 0 saturated carbocycles. The molecule has 0 aromatic rings. The van der Waals surface area contributed by atoms with Crippen LogP contribution in [0.1, 0.15) is 25.7 Å². The third kappa shape index (κ3) is 3.33. The quantitative estimate of drug-likeness (QED) is 0.540. The molecule has 0 aliphatic carbocycles. The van der Waals surface area contributed by atoms with E-state index in [9.17, 15) is 0 Å². The van der Waals surface area contributed by atoms with Gasteiger partial charge in [0.05, 0.1) is 0 Å². The molecule has 0 fully saturated rings. The summed E-state index contributed by atoms with van der Waals surface area (Å²) >= 11 is 0. The summed E-state index contributed by atoms with van der Waals surface area (Å²) in [6.45, 7) is 1.13. The Kier molecular flexibility index (Phi) is 3.76. The smallest absolute Gasteiger partial charge is 0.0141 e. The van der Waals surface area contributed by atoms with Gasteiger partial charge in [-0.25, -0.2) is 0 Å². The first kappa shape index (κ1) is 7.39. The predicted octanol–water partition coefficient (Wildman–Crippen LogP) is 2.22. The van der Waals surface area contributed by atoms with E-state index in [4.69, 9.17) is 0 Å². The van der Waals surface area contributed by atoms with Crippen LogP contribution in [0.2, 0.25) is 0 Å². The average molecular weight is 137 g/mol. The van der Waals surface area contributed by atoms with E-state index in [2.05, 4.69) is 23.5 Å². The highest BCUT2D eigenvalue weighted by molar-refractivity contribution is 5.01. The van der Waals surface area contributed by atoms with Gasteiger partial charge in [-0.3, -0.25) is 0 Å². The molecule has 0 unspecified atom stereocenters. The third-order valence-electron chi connectivity index (χ3n) is 1.65. The molecule has 0 amide bonds. The Morgan fingerprint density at radius 3 is 3.00 bits per heavy atom. The third-order valence-corrected chi connectivity index (χ3v) is 1.65. The average Bonchev–Trinajstić information content (AvgIpc) is 2.01. The van der Waals surface area contributed by atoms with Gasteiger partial charge in [0.15, 0.2) is 0 Å². The Bertz CT molecular complexity index is 109. The van der Waals surface area contributed by atoms with Crippen LogP contribution in [0.4, 0.5) is 0 Å². The maximum atomic E-state index is 3.22. The van der Waals surface area contributed by atoms with Gasteiger partial charge in [-0.2, -0.15) is 0 Å². The van der Waals surface area contributed by atoms with Crippen molar-refractivity contribution in [3.05, 3.63) is 24.4 Å². The highest BCUT2D eigenvalue weighted by Crippen LogP contribution is 2.00. The SMILES string of the molecule is C1=CCCCCCNC=C1. The standard InChI is InChI=1S/C9H15N/c1-2-4-6-8-10-9-7-5-3-1/h2,4,6,8,10H,1,3,5,7,9H2. The molecule has 1 aliphatic heterocycles. The summed E-state index contributed by atoms with van der Waals surface area (Å²) in [7, 11) is 0. The zero-order valence-corrected chi connectivity index (χ0v) is 6.34. The zero-order chi connectivity index (χ0) is 7.07. The second-order valence-corrected chi connectivity index (χ2v) is 2.59. The van der Waals surface area contributed by atoms with Crippen molar-refractivity contribution in [1.29, 1.82) is 0 Å². The summed E-state index contributed by atoms with van der Waals surface area (Å²) in [6.07, 6.45) is 13.6. The fourth-order valence-electron chi connectivity index (χ4n) is 1.05. The maximum absolute atomic E-state index is 3.22. The Labute approximate surface area is 62.8 Å². The molecule has 10 heavy (non-hydrogen) atoms. The lowest BCUT2D eigenvalue weighted by Crippen LogP contribution is -2.06. The monoisotopic (exact) mass is 137 g/mol. The van der Waals surface area contributed by atoms with Gasteiger partial charge in [0.1, 0.15) is 0 Å². The Balaban J connectivity index is 2.26. The van der Waals surface area contributed by atoms with Crippen LogP contribution in [0, 0.1) is 0 Å². The second-order valence-electron chi connectivity index (χ2n) is 2.59. The van der Waals surface area contributed by atoms with Crippen molar-refractivity contribution in [3.8, 4) is 0 Å². The number of allylic oxidation sites excluding steroid dienone is 3. The van der Waals surface area contributed by atoms with Crippen molar-refractivity contribution in [2.24, 2.45) is 0 Å². The molecule has 0 bridgehead atoms. The van der Waals surface area contributed by atoms with Crippen LogP contribution >= 0.6 is 0 Å². The van der Waals surface area contributed by atoms with E-state index in [1.807, 2.05) is 6.20 Å². The Morgan fingerprint density at radius 1 is 1.00 bits per heavy atom. The highest BCUT2D eigenvalue weighted by Gasteiger charge is 1.86. The van der Waals surface area contributed by atoms with Crippen molar-refractivity contribution < 1.29 is 0 Å². The topological polar surface area (TPSA) is 12.0 Å². The minimum Gasteiger partial charge on any atom is -0.391 e. The molecule has 1 N–H and O–H groups in total. The normalized spacial score (nSPS) is 20.0. The molecule has 1 aliphatic rings. The molecule has 1 rings (SSSR count). The summed E-state index contributed by atoms with van der Waals surface area (Å²) in [5.74, 6) is 0. The molecule has 1 heterocycles. The molecule has 1 nitrogen and oxygen atoms in total. The predicted molar refractivity (Wildman–Crippen MR) is 44.8 cm³/mol. The van der Waals surface area contributed by atoms with Gasteiger partial charge < -0.3 is 5.32 Å². The largest absolute Gasteiger partial charge is 0.391 e. The van der Waals surface area contributed by atoms with Gasteiger partial charge in [0.25, 0.3) is 0 Å². The highest BCUT2D eigenvalue weighted by atomic mass is 14.8. The Morgan fingerprint density at radius 2 is 2.00 bits per heavy atom. The molecule has 1 heteroatoms. The van der Waals surface area contributed by atoms with Crippen molar-refractivity contribution >= 4 is 0 Å². The van der Waals surface area contributed by atoms with Crippen LogP contribution in [-0.4, -0.2) is 6.54 Å². The molecule has 0 radical (unpaired) electrons. The van der Waals surface area contributed by atoms with E-state index in [1.54, 1.807) is 0 Å². The summed E-state index contributed by atoms with van der Waals surface area (Å²) in [4.78, 5) is 0. The van der Waals surface area contributed by atoms with Crippen LogP contribution in [0.15, 0.2) is 24.4 Å². The number of rotatable bonds is 0. The summed E-state index contributed by atoms with van der Waals surface area (Å²) in [6, 6.07) is 0. The lowest BCUT2D eigenvalue weighted by Gasteiger charge is -2.00. The fourth-order valence-corrected chi connectivity index (χ4v) is 1.05. The molecular formula is C9H15N. The second kappa shape index (κ2) is 5.10. The van der Waals surface area contributed by atoms with Crippen LogP contribution in [0.25, 0.3) is 0 Å².